The number of hydrogen-bond donors (Lipinski definition) is 2. The summed E-state index contributed by atoms with van der Waals surface area (Å²) in [5.41, 5.74) is 1.68. The van der Waals surface area contributed by atoms with Gasteiger partial charge in [0.2, 0.25) is 17.7 Å². The minimum absolute atomic E-state index is 0.00909. The summed E-state index contributed by atoms with van der Waals surface area (Å²) in [7, 11) is 1.35. The first-order chi connectivity index (χ1) is 18.7. The molecule has 8 nitrogen and oxygen atoms in total. The molecule has 0 atom stereocenters. The van der Waals surface area contributed by atoms with Crippen molar-refractivity contribution in [2.75, 3.05) is 23.1 Å². The second-order valence-electron chi connectivity index (χ2n) is 9.37. The molecule has 1 aliphatic rings. The predicted molar refractivity (Wildman–Crippen MR) is 149 cm³/mol. The molecule has 0 unspecified atom stereocenters. The monoisotopic (exact) mass is 560 g/mol. The molecule has 1 saturated carbocycles. The van der Waals surface area contributed by atoms with Crippen LogP contribution in [0.2, 0.25) is 0 Å². The second-order valence-corrected chi connectivity index (χ2v) is 10.3. The number of nitrogens with one attached hydrogen (secondary N) is 2. The van der Waals surface area contributed by atoms with Gasteiger partial charge < -0.3 is 14.8 Å². The summed E-state index contributed by atoms with van der Waals surface area (Å²) in [5, 5.41) is 2.71. The number of carbonyl (C=O) groups excluding carboxylic acids is 2. The molecular formula is C28H34F2N4O4S. The Morgan fingerprint density at radius 2 is 1.90 bits per heavy atom. The third-order valence-corrected chi connectivity index (χ3v) is 7.23. The van der Waals surface area contributed by atoms with Gasteiger partial charge in [0.05, 0.1) is 7.11 Å². The van der Waals surface area contributed by atoms with Crippen molar-refractivity contribution in [3.8, 4) is 24.1 Å². The first-order valence-electron chi connectivity index (χ1n) is 12.8. The summed E-state index contributed by atoms with van der Waals surface area (Å²) in [4.78, 5) is 32.0. The van der Waals surface area contributed by atoms with Gasteiger partial charge in [-0.05, 0) is 61.2 Å². The van der Waals surface area contributed by atoms with E-state index in [2.05, 4.69) is 25.7 Å². The molecule has 1 aliphatic carbocycles. The molecule has 1 heterocycles. The zero-order chi connectivity index (χ0) is 28.4. The molecule has 0 spiro atoms. The van der Waals surface area contributed by atoms with E-state index in [9.17, 15) is 18.4 Å². The lowest BCUT2D eigenvalue weighted by molar-refractivity contribution is -0.124. The van der Waals surface area contributed by atoms with E-state index in [0.717, 1.165) is 11.3 Å². The minimum atomic E-state index is -3.14. The average molecular weight is 561 g/mol. The third-order valence-electron chi connectivity index (χ3n) is 6.48. The lowest BCUT2D eigenvalue weighted by atomic mass is 9.84. The number of anilines is 2. The second kappa shape index (κ2) is 14.6. The fourth-order valence-electron chi connectivity index (χ4n) is 4.56. The van der Waals surface area contributed by atoms with E-state index in [0.29, 0.717) is 37.9 Å². The highest BCUT2D eigenvalue weighted by Gasteiger charge is 2.34. The van der Waals surface area contributed by atoms with Gasteiger partial charge in [0.1, 0.15) is 5.69 Å². The van der Waals surface area contributed by atoms with Crippen molar-refractivity contribution >= 4 is 35.3 Å². The zero-order valence-corrected chi connectivity index (χ0v) is 23.1. The number of methoxy groups -OCH3 is 1. The molecule has 11 heteroatoms. The Balaban J connectivity index is 1.84. The molecule has 1 aromatic carbocycles. The minimum Gasteiger partial charge on any atom is -0.481 e. The van der Waals surface area contributed by atoms with Crippen molar-refractivity contribution in [1.82, 2.24) is 9.71 Å². The smallest absolute Gasteiger partial charge is 0.388 e. The Morgan fingerprint density at radius 3 is 2.54 bits per heavy atom. The average Bonchev–Trinajstić information content (AvgIpc) is 2.92. The maximum atomic E-state index is 13.8. The molecule has 0 aliphatic heterocycles. The number of benzene rings is 1. The van der Waals surface area contributed by atoms with Crippen molar-refractivity contribution in [1.29, 1.82) is 0 Å². The number of rotatable bonds is 11. The van der Waals surface area contributed by atoms with Crippen molar-refractivity contribution in [3.05, 3.63) is 42.0 Å². The third kappa shape index (κ3) is 8.23. The Bertz CT molecular complexity index is 1170. The molecule has 0 radical (unpaired) electrons. The molecule has 0 saturated heterocycles. The topological polar surface area (TPSA) is 92.8 Å². The normalized spacial score (nSPS) is 16.9. The summed E-state index contributed by atoms with van der Waals surface area (Å²) in [6, 6.07) is 9.75. The highest BCUT2D eigenvalue weighted by molar-refractivity contribution is 7.97. The molecule has 1 fully saturated rings. The number of pyridine rings is 1. The number of ether oxygens (including phenoxy) is 2. The fourth-order valence-corrected chi connectivity index (χ4v) is 5.19. The lowest BCUT2D eigenvalue weighted by Crippen LogP contribution is -2.46. The van der Waals surface area contributed by atoms with Crippen molar-refractivity contribution in [3.63, 3.8) is 0 Å². The van der Waals surface area contributed by atoms with E-state index >= 15 is 0 Å². The van der Waals surface area contributed by atoms with Gasteiger partial charge in [-0.15, -0.1) is 12.3 Å². The quantitative estimate of drug-likeness (QED) is 0.193. The Labute approximate surface area is 232 Å². The summed E-state index contributed by atoms with van der Waals surface area (Å²) in [5.74, 6) is 2.74. The molecule has 3 amide bonds. The number of carbonyl (C=O) groups is 2. The molecule has 0 bridgehead atoms. The van der Waals surface area contributed by atoms with E-state index in [1.807, 2.05) is 38.1 Å². The van der Waals surface area contributed by atoms with Crippen LogP contribution >= 0.6 is 11.9 Å². The maximum Gasteiger partial charge on any atom is 0.388 e. The van der Waals surface area contributed by atoms with E-state index < -0.39 is 18.5 Å². The van der Waals surface area contributed by atoms with Gasteiger partial charge in [-0.25, -0.2) is 4.79 Å². The van der Waals surface area contributed by atoms with Gasteiger partial charge in [-0.2, -0.15) is 13.8 Å². The zero-order valence-electron chi connectivity index (χ0n) is 22.3. The summed E-state index contributed by atoms with van der Waals surface area (Å²) in [6.07, 6.45) is 8.22. The van der Waals surface area contributed by atoms with Gasteiger partial charge in [-0.1, -0.05) is 32.0 Å². The largest absolute Gasteiger partial charge is 0.481 e. The number of para-hydroxylation sites is 1. The van der Waals surface area contributed by atoms with Gasteiger partial charge in [0.25, 0.3) is 0 Å². The van der Waals surface area contributed by atoms with Crippen molar-refractivity contribution in [2.24, 2.45) is 5.92 Å². The number of terminal acetylenes is 1. The Kier molecular flexibility index (Phi) is 11.2. The Hall–Kier alpha value is -3.52. The van der Waals surface area contributed by atoms with Crippen LogP contribution in [0.15, 0.2) is 36.4 Å². The molecule has 39 heavy (non-hydrogen) atoms. The number of urea groups is 1. The summed E-state index contributed by atoms with van der Waals surface area (Å²) in [6.45, 7) is 0.940. The summed E-state index contributed by atoms with van der Waals surface area (Å²) < 4.78 is 38.6. The van der Waals surface area contributed by atoms with E-state index in [4.69, 9.17) is 11.2 Å². The number of hydrogen-bond acceptors (Lipinski definition) is 6. The van der Waals surface area contributed by atoms with Crippen LogP contribution in [0, 0.1) is 18.3 Å². The highest BCUT2D eigenvalue weighted by Crippen LogP contribution is 2.36. The van der Waals surface area contributed by atoms with Crippen LogP contribution in [0.3, 0.4) is 0 Å². The SMILES string of the molecule is C#CCCSNC(=O)C1CCC(N(C(=O)Nc2ccc(OC)nc2OC(F)F)c2ccccc2C(C)C)CC1. The molecule has 2 N–H and O–H groups in total. The summed E-state index contributed by atoms with van der Waals surface area (Å²) >= 11 is 1.31. The molecule has 3 rings (SSSR count). The maximum absolute atomic E-state index is 13.8. The number of alkyl halides is 2. The van der Waals surface area contributed by atoms with Crippen molar-refractivity contribution < 1.29 is 27.8 Å². The van der Waals surface area contributed by atoms with Gasteiger partial charge in [0, 0.05) is 35.9 Å². The van der Waals surface area contributed by atoms with E-state index in [-0.39, 0.29) is 35.4 Å². The Morgan fingerprint density at radius 1 is 1.18 bits per heavy atom. The molecule has 210 valence electrons. The van der Waals surface area contributed by atoms with Crippen molar-refractivity contribution in [2.45, 2.75) is 64.5 Å². The van der Waals surface area contributed by atoms with E-state index in [1.54, 1.807) is 4.90 Å². The predicted octanol–water partition coefficient (Wildman–Crippen LogP) is 6.20. The van der Waals surface area contributed by atoms with Crippen LogP contribution in [0.25, 0.3) is 0 Å². The number of nitrogens with zero attached hydrogens (tertiary/aromatic N) is 2. The highest BCUT2D eigenvalue weighted by atomic mass is 32.2. The lowest BCUT2D eigenvalue weighted by Gasteiger charge is -2.38. The van der Waals surface area contributed by atoms with Crippen LogP contribution < -0.4 is 24.4 Å². The molecule has 2 aromatic rings. The van der Waals surface area contributed by atoms with Gasteiger partial charge in [0.15, 0.2) is 0 Å². The van der Waals surface area contributed by atoms with Crippen LogP contribution in [-0.4, -0.2) is 42.4 Å². The first kappa shape index (κ1) is 30.0. The number of halogens is 2. The number of aromatic nitrogens is 1. The first-order valence-corrected chi connectivity index (χ1v) is 13.8. The molecule has 1 aromatic heterocycles. The van der Waals surface area contributed by atoms with Crippen LogP contribution in [0.5, 0.6) is 11.8 Å². The van der Waals surface area contributed by atoms with Crippen LogP contribution in [-0.2, 0) is 4.79 Å². The van der Waals surface area contributed by atoms with Gasteiger partial charge >= 0.3 is 12.6 Å². The van der Waals surface area contributed by atoms with Crippen LogP contribution in [0.4, 0.5) is 25.0 Å². The number of amides is 3. The standard InChI is InChI=1S/C28H34F2N4O4S/c1-5-6-17-39-33-25(35)19-11-13-20(14-12-19)34(23-10-8-7-9-21(23)18(2)3)28(36)31-22-15-16-24(37-4)32-26(22)38-27(29)30/h1,7-10,15-16,18-20,27H,6,11-14,17H2,2-4H3,(H,31,36)(H,33,35). The van der Waals surface area contributed by atoms with Gasteiger partial charge in [-0.3, -0.25) is 14.4 Å². The molecular weight excluding hydrogens is 526 g/mol. The van der Waals surface area contributed by atoms with E-state index in [1.165, 1.54) is 31.2 Å². The van der Waals surface area contributed by atoms with Crippen LogP contribution in [0.1, 0.15) is 57.4 Å². The fraction of sp³-hybridized carbons (Fsp3) is 0.464.